The van der Waals surface area contributed by atoms with Crippen LogP contribution in [0, 0.1) is 6.92 Å². The molecule has 1 amide bonds. The molecule has 2 aromatic carbocycles. The molecular weight excluding hydrogens is 348 g/mol. The first-order valence-corrected chi connectivity index (χ1v) is 8.21. The number of carbonyl (C=O) groups excluding carboxylic acids is 2. The van der Waals surface area contributed by atoms with Gasteiger partial charge in [0.25, 0.3) is 5.91 Å². The van der Waals surface area contributed by atoms with Gasteiger partial charge in [-0.25, -0.2) is 4.79 Å². The zero-order valence-electron chi connectivity index (χ0n) is 14.8. The first kappa shape index (κ1) is 18.2. The number of aryl methyl sites for hydroxylation is 1. The molecule has 3 aromatic rings. The monoisotopic (exact) mass is 366 g/mol. The van der Waals surface area contributed by atoms with Crippen LogP contribution in [0.25, 0.3) is 0 Å². The Kier molecular flexibility index (Phi) is 5.51. The van der Waals surface area contributed by atoms with Crippen LogP contribution in [0.5, 0.6) is 5.75 Å². The van der Waals surface area contributed by atoms with Gasteiger partial charge in [0.15, 0.2) is 5.82 Å². The van der Waals surface area contributed by atoms with Crippen LogP contribution in [0.15, 0.2) is 65.2 Å². The molecule has 1 N–H and O–H groups in total. The van der Waals surface area contributed by atoms with E-state index in [1.165, 1.54) is 7.11 Å². The molecule has 0 aliphatic rings. The number of ether oxygens (including phenoxy) is 2. The van der Waals surface area contributed by atoms with Crippen molar-refractivity contribution in [2.75, 3.05) is 12.4 Å². The van der Waals surface area contributed by atoms with E-state index in [9.17, 15) is 9.59 Å². The van der Waals surface area contributed by atoms with Gasteiger partial charge in [-0.1, -0.05) is 41.6 Å². The molecule has 1 heterocycles. The summed E-state index contributed by atoms with van der Waals surface area (Å²) in [6.45, 7) is 1.71. The third-order valence-corrected chi connectivity index (χ3v) is 3.75. The van der Waals surface area contributed by atoms with Crippen LogP contribution in [-0.4, -0.2) is 24.1 Å². The maximum atomic E-state index is 12.7. The Morgan fingerprint density at radius 1 is 1.07 bits per heavy atom. The summed E-state index contributed by atoms with van der Waals surface area (Å²) < 4.78 is 15.6. The highest BCUT2D eigenvalue weighted by molar-refractivity contribution is 5.97. The van der Waals surface area contributed by atoms with E-state index in [-0.39, 0.29) is 11.4 Å². The summed E-state index contributed by atoms with van der Waals surface area (Å²) >= 11 is 0. The molecule has 0 radical (unpaired) electrons. The Labute approximate surface area is 155 Å². The van der Waals surface area contributed by atoms with E-state index < -0.39 is 18.0 Å². The van der Waals surface area contributed by atoms with Crippen molar-refractivity contribution in [2.45, 2.75) is 13.0 Å². The van der Waals surface area contributed by atoms with Gasteiger partial charge in [-0.15, -0.1) is 0 Å². The van der Waals surface area contributed by atoms with E-state index in [2.05, 4.69) is 10.5 Å². The Balaban J connectivity index is 1.83. The number of hydrogen-bond acceptors (Lipinski definition) is 6. The lowest BCUT2D eigenvalue weighted by atomic mass is 10.1. The van der Waals surface area contributed by atoms with Crippen LogP contribution in [-0.2, 0) is 9.53 Å². The number of benzene rings is 2. The molecule has 138 valence electrons. The molecule has 1 aromatic heterocycles. The Morgan fingerprint density at radius 2 is 1.85 bits per heavy atom. The molecular formula is C20H18N2O5. The number of nitrogens with zero attached hydrogens (tertiary/aromatic N) is 1. The predicted molar refractivity (Wildman–Crippen MR) is 97.5 cm³/mol. The quantitative estimate of drug-likeness (QED) is 0.671. The van der Waals surface area contributed by atoms with E-state index in [4.69, 9.17) is 14.0 Å². The van der Waals surface area contributed by atoms with Crippen molar-refractivity contribution >= 4 is 17.7 Å². The third-order valence-electron chi connectivity index (χ3n) is 3.75. The summed E-state index contributed by atoms with van der Waals surface area (Å²) in [4.78, 5) is 25.3. The van der Waals surface area contributed by atoms with Crippen LogP contribution < -0.4 is 10.1 Å². The van der Waals surface area contributed by atoms with E-state index in [1.54, 1.807) is 61.5 Å². The van der Waals surface area contributed by atoms with Crippen molar-refractivity contribution in [1.82, 2.24) is 5.16 Å². The highest BCUT2D eigenvalue weighted by Gasteiger charge is 2.26. The zero-order valence-corrected chi connectivity index (χ0v) is 14.8. The van der Waals surface area contributed by atoms with E-state index in [1.807, 2.05) is 6.07 Å². The smallest absolute Gasteiger partial charge is 0.339 e. The number of hydrogen-bond donors (Lipinski definition) is 1. The summed E-state index contributed by atoms with van der Waals surface area (Å²) in [6, 6.07) is 16.8. The van der Waals surface area contributed by atoms with Gasteiger partial charge in [-0.3, -0.25) is 4.79 Å². The van der Waals surface area contributed by atoms with Crippen molar-refractivity contribution < 1.29 is 23.6 Å². The number of amides is 1. The topological polar surface area (TPSA) is 90.7 Å². The average molecular weight is 366 g/mol. The third kappa shape index (κ3) is 4.52. The van der Waals surface area contributed by atoms with Crippen molar-refractivity contribution in [3.63, 3.8) is 0 Å². The van der Waals surface area contributed by atoms with E-state index in [0.717, 1.165) is 0 Å². The molecule has 0 saturated carbocycles. The van der Waals surface area contributed by atoms with Crippen molar-refractivity contribution in [1.29, 1.82) is 0 Å². The molecule has 0 fully saturated rings. The fraction of sp³-hybridized carbons (Fsp3) is 0.150. The minimum atomic E-state index is -1.15. The summed E-state index contributed by atoms with van der Waals surface area (Å²) in [5.74, 6) is 0.133. The minimum absolute atomic E-state index is 0.246. The number of carbonyl (C=O) groups is 2. The average Bonchev–Trinajstić information content (AvgIpc) is 3.11. The number of rotatable bonds is 6. The molecule has 3 rings (SSSR count). The fourth-order valence-electron chi connectivity index (χ4n) is 2.44. The maximum Gasteiger partial charge on any atom is 0.339 e. The van der Waals surface area contributed by atoms with Gasteiger partial charge in [0.1, 0.15) is 11.5 Å². The van der Waals surface area contributed by atoms with Crippen LogP contribution in [0.3, 0.4) is 0 Å². The summed E-state index contributed by atoms with van der Waals surface area (Å²) in [5, 5.41) is 6.32. The van der Waals surface area contributed by atoms with Crippen LogP contribution in [0.1, 0.15) is 27.8 Å². The highest BCUT2D eigenvalue weighted by atomic mass is 16.5. The zero-order chi connectivity index (χ0) is 19.2. The molecule has 0 bridgehead atoms. The standard InChI is InChI=1S/C20H18N2O5/c1-13-11-17(22-27-13)21-19(23)18(14-7-4-3-5-8-14)26-20(24)15-9-6-10-16(12-15)25-2/h3-12,18H,1-2H3,(H,21,22,23)/t18-/m1/s1. The number of esters is 1. The Bertz CT molecular complexity index is 936. The van der Waals surface area contributed by atoms with Gasteiger partial charge in [0.05, 0.1) is 12.7 Å². The molecule has 7 heteroatoms. The highest BCUT2D eigenvalue weighted by Crippen LogP contribution is 2.23. The number of anilines is 1. The first-order chi connectivity index (χ1) is 13.1. The maximum absolute atomic E-state index is 12.7. The van der Waals surface area contributed by atoms with Crippen LogP contribution >= 0.6 is 0 Å². The van der Waals surface area contributed by atoms with Gasteiger partial charge in [0, 0.05) is 11.6 Å². The lowest BCUT2D eigenvalue weighted by Crippen LogP contribution is -2.26. The number of nitrogens with one attached hydrogen (secondary N) is 1. The molecule has 27 heavy (non-hydrogen) atoms. The first-order valence-electron chi connectivity index (χ1n) is 8.21. The van der Waals surface area contributed by atoms with Crippen molar-refractivity contribution in [2.24, 2.45) is 0 Å². The van der Waals surface area contributed by atoms with Crippen molar-refractivity contribution in [3.05, 3.63) is 77.6 Å². The molecule has 7 nitrogen and oxygen atoms in total. The van der Waals surface area contributed by atoms with Crippen molar-refractivity contribution in [3.8, 4) is 5.75 Å². The molecule has 1 atom stereocenters. The van der Waals surface area contributed by atoms with Gasteiger partial charge < -0.3 is 19.3 Å². The van der Waals surface area contributed by atoms with Crippen LogP contribution in [0.4, 0.5) is 5.82 Å². The SMILES string of the molecule is COc1cccc(C(=O)O[C@@H](C(=O)Nc2cc(C)on2)c2ccccc2)c1. The van der Waals surface area contributed by atoms with Gasteiger partial charge in [0.2, 0.25) is 6.10 Å². The largest absolute Gasteiger partial charge is 0.497 e. The van der Waals surface area contributed by atoms with E-state index >= 15 is 0 Å². The Hall–Kier alpha value is -3.61. The molecule has 0 aliphatic carbocycles. The number of aromatic nitrogens is 1. The fourth-order valence-corrected chi connectivity index (χ4v) is 2.44. The van der Waals surface area contributed by atoms with Crippen LogP contribution in [0.2, 0.25) is 0 Å². The predicted octanol–water partition coefficient (Wildman–Crippen LogP) is 3.53. The normalized spacial score (nSPS) is 11.5. The van der Waals surface area contributed by atoms with Gasteiger partial charge in [-0.2, -0.15) is 0 Å². The lowest BCUT2D eigenvalue weighted by Gasteiger charge is -2.17. The molecule has 0 saturated heterocycles. The van der Waals surface area contributed by atoms with Gasteiger partial charge >= 0.3 is 5.97 Å². The number of methoxy groups -OCH3 is 1. The second-order valence-electron chi connectivity index (χ2n) is 5.74. The second kappa shape index (κ2) is 8.18. The summed E-state index contributed by atoms with van der Waals surface area (Å²) in [7, 11) is 1.50. The summed E-state index contributed by atoms with van der Waals surface area (Å²) in [6.07, 6.45) is -1.15. The second-order valence-corrected chi connectivity index (χ2v) is 5.74. The Morgan fingerprint density at radius 3 is 2.52 bits per heavy atom. The van der Waals surface area contributed by atoms with E-state index in [0.29, 0.717) is 17.1 Å². The lowest BCUT2D eigenvalue weighted by molar-refractivity contribution is -0.125. The minimum Gasteiger partial charge on any atom is -0.497 e. The summed E-state index contributed by atoms with van der Waals surface area (Å²) in [5.41, 5.74) is 0.812. The molecule has 0 spiro atoms. The molecule has 0 unspecified atom stereocenters. The molecule has 0 aliphatic heterocycles. The van der Waals surface area contributed by atoms with Gasteiger partial charge in [-0.05, 0) is 25.1 Å².